The minimum atomic E-state index is -0.174. The van der Waals surface area contributed by atoms with E-state index in [1.807, 2.05) is 42.5 Å². The molecule has 0 bridgehead atoms. The number of thioether (sulfide) groups is 1. The molecule has 0 saturated heterocycles. The van der Waals surface area contributed by atoms with Crippen LogP contribution in [0.5, 0.6) is 0 Å². The molecule has 136 valence electrons. The van der Waals surface area contributed by atoms with Crippen molar-refractivity contribution in [2.75, 3.05) is 0 Å². The molecular formula is C22H16N4OS. The number of benzene rings is 3. The van der Waals surface area contributed by atoms with Gasteiger partial charge in [-0.1, -0.05) is 72.4 Å². The number of rotatable bonds is 4. The van der Waals surface area contributed by atoms with Crippen LogP contribution in [0.15, 0.2) is 88.9 Å². The smallest absolute Gasteiger partial charge is 0.262 e. The van der Waals surface area contributed by atoms with Crippen molar-refractivity contribution in [1.29, 1.82) is 0 Å². The van der Waals surface area contributed by atoms with Crippen molar-refractivity contribution in [2.45, 2.75) is 10.9 Å². The highest BCUT2D eigenvalue weighted by Gasteiger charge is 2.12. The summed E-state index contributed by atoms with van der Waals surface area (Å²) >= 11 is 1.52. The second-order valence-corrected chi connectivity index (χ2v) is 7.39. The molecule has 0 radical (unpaired) electrons. The number of para-hydroxylation sites is 1. The maximum absolute atomic E-state index is 12.5. The number of nitrogens with zero attached hydrogens (tertiary/aromatic N) is 3. The summed E-state index contributed by atoms with van der Waals surface area (Å²) in [7, 11) is 0. The lowest BCUT2D eigenvalue weighted by Gasteiger charge is -2.07. The molecule has 0 unspecified atom stereocenters. The van der Waals surface area contributed by atoms with Crippen LogP contribution in [0.25, 0.3) is 27.5 Å². The van der Waals surface area contributed by atoms with E-state index in [4.69, 9.17) is 0 Å². The number of nitrogens with one attached hydrogen (secondary N) is 1. The molecule has 2 heterocycles. The van der Waals surface area contributed by atoms with Gasteiger partial charge in [-0.05, 0) is 28.5 Å². The Kier molecular flexibility index (Phi) is 4.18. The molecule has 0 saturated carbocycles. The van der Waals surface area contributed by atoms with Crippen LogP contribution in [-0.2, 0) is 5.75 Å². The number of hydrogen-bond acceptors (Lipinski definition) is 4. The Hall–Kier alpha value is -3.38. The van der Waals surface area contributed by atoms with Crippen LogP contribution in [0.1, 0.15) is 5.56 Å². The lowest BCUT2D eigenvalue weighted by molar-refractivity contribution is 0.873. The van der Waals surface area contributed by atoms with E-state index < -0.39 is 0 Å². The number of H-pyrrole nitrogens is 1. The fourth-order valence-corrected chi connectivity index (χ4v) is 4.15. The first-order chi connectivity index (χ1) is 13.8. The molecule has 3 aromatic carbocycles. The Bertz CT molecular complexity index is 1340. The zero-order valence-corrected chi connectivity index (χ0v) is 15.7. The Morgan fingerprint density at radius 3 is 2.57 bits per heavy atom. The summed E-state index contributed by atoms with van der Waals surface area (Å²) < 4.78 is 1.70. The second kappa shape index (κ2) is 6.98. The highest BCUT2D eigenvalue weighted by Crippen LogP contribution is 2.26. The summed E-state index contributed by atoms with van der Waals surface area (Å²) in [6.07, 6.45) is 1.56. The van der Waals surface area contributed by atoms with E-state index in [-0.39, 0.29) is 5.56 Å². The van der Waals surface area contributed by atoms with Crippen molar-refractivity contribution in [2.24, 2.45) is 0 Å². The molecule has 1 N–H and O–H groups in total. The third-order valence-electron chi connectivity index (χ3n) is 4.66. The molecule has 0 aliphatic heterocycles. The maximum atomic E-state index is 12.5. The van der Waals surface area contributed by atoms with Crippen molar-refractivity contribution in [3.8, 4) is 5.69 Å². The van der Waals surface area contributed by atoms with Gasteiger partial charge in [0.2, 0.25) is 0 Å². The predicted molar refractivity (Wildman–Crippen MR) is 113 cm³/mol. The van der Waals surface area contributed by atoms with Gasteiger partial charge in [-0.2, -0.15) is 5.10 Å². The summed E-state index contributed by atoms with van der Waals surface area (Å²) in [6.45, 7) is 0. The molecule has 2 aromatic heterocycles. The molecule has 0 atom stereocenters. The van der Waals surface area contributed by atoms with Gasteiger partial charge in [-0.3, -0.25) is 4.79 Å². The van der Waals surface area contributed by atoms with Gasteiger partial charge in [0.1, 0.15) is 5.39 Å². The van der Waals surface area contributed by atoms with Gasteiger partial charge in [0.25, 0.3) is 5.56 Å². The molecule has 0 fully saturated rings. The lowest BCUT2D eigenvalue weighted by Crippen LogP contribution is -2.09. The zero-order valence-electron chi connectivity index (χ0n) is 14.9. The molecule has 28 heavy (non-hydrogen) atoms. The van der Waals surface area contributed by atoms with E-state index in [0.717, 1.165) is 11.4 Å². The van der Waals surface area contributed by atoms with Crippen LogP contribution in [-0.4, -0.2) is 19.7 Å². The minimum Gasteiger partial charge on any atom is -0.301 e. The van der Waals surface area contributed by atoms with Crippen molar-refractivity contribution in [3.63, 3.8) is 0 Å². The molecule has 0 amide bonds. The zero-order chi connectivity index (χ0) is 18.9. The third-order valence-corrected chi connectivity index (χ3v) is 5.58. The number of hydrogen-bond donors (Lipinski definition) is 1. The van der Waals surface area contributed by atoms with E-state index in [0.29, 0.717) is 16.2 Å². The van der Waals surface area contributed by atoms with Crippen LogP contribution < -0.4 is 5.56 Å². The summed E-state index contributed by atoms with van der Waals surface area (Å²) in [5, 5.41) is 7.85. The van der Waals surface area contributed by atoms with E-state index >= 15 is 0 Å². The SMILES string of the molecule is O=c1[nH]c(SCc2cccc3ccccc23)nc2c1cnn2-c1ccccc1. The summed E-state index contributed by atoms with van der Waals surface area (Å²) in [5.74, 6) is 0.718. The Labute approximate surface area is 165 Å². The molecular weight excluding hydrogens is 368 g/mol. The summed E-state index contributed by atoms with van der Waals surface area (Å²) in [4.78, 5) is 20.1. The van der Waals surface area contributed by atoms with Gasteiger partial charge in [-0.15, -0.1) is 0 Å². The standard InChI is InChI=1S/C22H16N4OS/c27-21-19-13-23-26(17-10-2-1-3-11-17)20(19)24-22(25-21)28-14-16-9-6-8-15-7-4-5-12-18(15)16/h1-13H,14H2,(H,24,25,27). The topological polar surface area (TPSA) is 63.6 Å². The number of aromatic nitrogens is 4. The first-order valence-corrected chi connectivity index (χ1v) is 9.91. The molecule has 0 aliphatic carbocycles. The van der Waals surface area contributed by atoms with Gasteiger partial charge in [-0.25, -0.2) is 9.67 Å². The van der Waals surface area contributed by atoms with Crippen molar-refractivity contribution in [3.05, 3.63) is 94.9 Å². The molecule has 5 aromatic rings. The Morgan fingerprint density at radius 1 is 0.893 bits per heavy atom. The fourth-order valence-electron chi connectivity index (χ4n) is 3.29. The monoisotopic (exact) mass is 384 g/mol. The van der Waals surface area contributed by atoms with Gasteiger partial charge in [0.05, 0.1) is 11.9 Å². The summed E-state index contributed by atoms with van der Waals surface area (Å²) in [6, 6.07) is 24.3. The van der Waals surface area contributed by atoms with Gasteiger partial charge < -0.3 is 4.98 Å². The predicted octanol–water partition coefficient (Wildman–Crippen LogP) is 4.55. The molecule has 5 nitrogen and oxygen atoms in total. The molecule has 6 heteroatoms. The highest BCUT2D eigenvalue weighted by molar-refractivity contribution is 7.98. The number of fused-ring (bicyclic) bond motifs is 2. The van der Waals surface area contributed by atoms with E-state index in [9.17, 15) is 4.79 Å². The van der Waals surface area contributed by atoms with Gasteiger partial charge in [0.15, 0.2) is 10.8 Å². The molecule has 0 aliphatic rings. The largest absolute Gasteiger partial charge is 0.301 e. The van der Waals surface area contributed by atoms with Crippen LogP contribution in [0, 0.1) is 0 Å². The minimum absolute atomic E-state index is 0.174. The van der Waals surface area contributed by atoms with Crippen LogP contribution >= 0.6 is 11.8 Å². The molecule has 5 rings (SSSR count). The third kappa shape index (κ3) is 2.97. The average Bonchev–Trinajstić information content (AvgIpc) is 3.17. The highest BCUT2D eigenvalue weighted by atomic mass is 32.2. The Balaban J connectivity index is 1.52. The lowest BCUT2D eigenvalue weighted by atomic mass is 10.1. The van der Waals surface area contributed by atoms with Gasteiger partial charge >= 0.3 is 0 Å². The normalized spacial score (nSPS) is 11.3. The van der Waals surface area contributed by atoms with E-state index in [2.05, 4.69) is 45.4 Å². The van der Waals surface area contributed by atoms with Gasteiger partial charge in [0, 0.05) is 5.75 Å². The van der Waals surface area contributed by atoms with Crippen molar-refractivity contribution < 1.29 is 0 Å². The first kappa shape index (κ1) is 16.8. The van der Waals surface area contributed by atoms with E-state index in [1.165, 1.54) is 28.1 Å². The average molecular weight is 384 g/mol. The van der Waals surface area contributed by atoms with Crippen molar-refractivity contribution >= 4 is 33.6 Å². The van der Waals surface area contributed by atoms with Crippen LogP contribution in [0.2, 0.25) is 0 Å². The van der Waals surface area contributed by atoms with Crippen LogP contribution in [0.4, 0.5) is 0 Å². The fraction of sp³-hybridized carbons (Fsp3) is 0.0455. The second-order valence-electron chi connectivity index (χ2n) is 6.43. The quantitative estimate of drug-likeness (QED) is 0.365. The van der Waals surface area contributed by atoms with Crippen LogP contribution in [0.3, 0.4) is 0 Å². The number of aromatic amines is 1. The van der Waals surface area contributed by atoms with Crippen molar-refractivity contribution in [1.82, 2.24) is 19.7 Å². The maximum Gasteiger partial charge on any atom is 0.262 e. The Morgan fingerprint density at radius 2 is 1.68 bits per heavy atom. The summed E-state index contributed by atoms with van der Waals surface area (Å²) in [5.41, 5.74) is 2.48. The first-order valence-electron chi connectivity index (χ1n) is 8.92. The van der Waals surface area contributed by atoms with E-state index in [1.54, 1.807) is 10.9 Å². The molecule has 0 spiro atoms.